The van der Waals surface area contributed by atoms with Gasteiger partial charge >= 0.3 is 5.97 Å². The molecule has 3 fully saturated rings. The zero-order chi connectivity index (χ0) is 9.87. The largest absolute Gasteiger partial charge is 0.462 e. The van der Waals surface area contributed by atoms with Crippen molar-refractivity contribution in [1.29, 1.82) is 0 Å². The Morgan fingerprint density at radius 1 is 1.21 bits per heavy atom. The molecule has 0 N–H and O–H groups in total. The van der Waals surface area contributed by atoms with E-state index in [-0.39, 0.29) is 12.1 Å². The zero-order valence-corrected chi connectivity index (χ0v) is 9.04. The lowest BCUT2D eigenvalue weighted by Gasteiger charge is -2.27. The lowest BCUT2D eigenvalue weighted by molar-refractivity contribution is -0.151. The average molecular weight is 215 g/mol. The quantitative estimate of drug-likeness (QED) is 0.494. The van der Waals surface area contributed by atoms with Gasteiger partial charge in [0.1, 0.15) is 6.10 Å². The van der Waals surface area contributed by atoms with Gasteiger partial charge in [0.25, 0.3) is 0 Å². The number of hydrogen-bond donors (Lipinski definition) is 0. The molecule has 3 saturated carbocycles. The summed E-state index contributed by atoms with van der Waals surface area (Å²) in [7, 11) is 0. The van der Waals surface area contributed by atoms with Crippen molar-refractivity contribution < 1.29 is 9.53 Å². The van der Waals surface area contributed by atoms with E-state index < -0.39 is 0 Å². The second-order valence-corrected chi connectivity index (χ2v) is 5.61. The maximum absolute atomic E-state index is 11.0. The molecule has 14 heavy (non-hydrogen) atoms. The molecule has 0 radical (unpaired) electrons. The Balaban J connectivity index is 1.81. The van der Waals surface area contributed by atoms with Gasteiger partial charge in [-0.2, -0.15) is 0 Å². The molecule has 1 unspecified atom stereocenters. The van der Waals surface area contributed by atoms with Crippen LogP contribution in [0.1, 0.15) is 26.2 Å². The molecule has 78 valence electrons. The number of rotatable bonds is 1. The summed E-state index contributed by atoms with van der Waals surface area (Å²) in [6.45, 7) is 1.51. The number of halogens is 1. The minimum Gasteiger partial charge on any atom is -0.462 e. The van der Waals surface area contributed by atoms with Crippen molar-refractivity contribution in [2.24, 2.45) is 23.7 Å². The lowest BCUT2D eigenvalue weighted by atomic mass is 9.86. The van der Waals surface area contributed by atoms with Crippen LogP contribution in [-0.4, -0.2) is 17.5 Å². The highest BCUT2D eigenvalue weighted by molar-refractivity contribution is 6.21. The Kier molecular flexibility index (Phi) is 1.85. The number of carbonyl (C=O) groups excluding carboxylic acids is 1. The van der Waals surface area contributed by atoms with Gasteiger partial charge in [-0.05, 0) is 37.0 Å². The number of carbonyl (C=O) groups is 1. The molecule has 0 amide bonds. The van der Waals surface area contributed by atoms with E-state index >= 15 is 0 Å². The van der Waals surface area contributed by atoms with Crippen LogP contribution in [0, 0.1) is 23.7 Å². The van der Waals surface area contributed by atoms with Crippen LogP contribution in [0.3, 0.4) is 0 Å². The highest BCUT2D eigenvalue weighted by atomic mass is 35.5. The molecule has 3 heteroatoms. The molecule has 3 aliphatic rings. The van der Waals surface area contributed by atoms with Crippen molar-refractivity contribution in [3.63, 3.8) is 0 Å². The second-order valence-electron chi connectivity index (χ2n) is 5.05. The number of ether oxygens (including phenoxy) is 1. The third kappa shape index (κ3) is 1.06. The van der Waals surface area contributed by atoms with E-state index in [4.69, 9.17) is 16.3 Å². The number of fused-ring (bicyclic) bond motifs is 1. The Hall–Kier alpha value is -0.240. The average Bonchev–Trinajstić information content (AvgIpc) is 2.67. The van der Waals surface area contributed by atoms with E-state index in [1.807, 2.05) is 0 Å². The van der Waals surface area contributed by atoms with E-state index in [1.165, 1.54) is 19.8 Å². The monoisotopic (exact) mass is 214 g/mol. The van der Waals surface area contributed by atoms with Crippen LogP contribution >= 0.6 is 11.6 Å². The fourth-order valence-electron chi connectivity index (χ4n) is 4.03. The number of hydrogen-bond acceptors (Lipinski definition) is 2. The van der Waals surface area contributed by atoms with Crippen molar-refractivity contribution >= 4 is 17.6 Å². The van der Waals surface area contributed by atoms with Crippen LogP contribution in [0.2, 0.25) is 0 Å². The summed E-state index contributed by atoms with van der Waals surface area (Å²) in [6, 6.07) is 0. The number of alkyl halides is 1. The van der Waals surface area contributed by atoms with Crippen LogP contribution in [0.5, 0.6) is 0 Å². The molecule has 3 rings (SSSR count). The molecule has 0 aliphatic heterocycles. The Labute approximate surface area is 88.9 Å². The third-order valence-corrected chi connectivity index (χ3v) is 4.90. The van der Waals surface area contributed by atoms with Gasteiger partial charge in [-0.25, -0.2) is 0 Å². The van der Waals surface area contributed by atoms with Crippen molar-refractivity contribution in [2.75, 3.05) is 0 Å². The fraction of sp³-hybridized carbons (Fsp3) is 0.909. The zero-order valence-electron chi connectivity index (χ0n) is 8.28. The van der Waals surface area contributed by atoms with Gasteiger partial charge in [0, 0.05) is 18.2 Å². The Bertz CT molecular complexity index is 278. The third-order valence-electron chi connectivity index (χ3n) is 4.40. The van der Waals surface area contributed by atoms with Crippen LogP contribution in [0.15, 0.2) is 0 Å². The normalized spacial score (nSPS) is 53.9. The van der Waals surface area contributed by atoms with Crippen LogP contribution in [0.4, 0.5) is 0 Å². The molecule has 3 aliphatic carbocycles. The van der Waals surface area contributed by atoms with Gasteiger partial charge in [-0.1, -0.05) is 0 Å². The van der Waals surface area contributed by atoms with E-state index in [0.717, 1.165) is 18.3 Å². The van der Waals surface area contributed by atoms with Crippen molar-refractivity contribution in [3.05, 3.63) is 0 Å². The summed E-state index contributed by atoms with van der Waals surface area (Å²) < 4.78 is 5.43. The predicted molar refractivity (Wildman–Crippen MR) is 53.0 cm³/mol. The number of esters is 1. The van der Waals surface area contributed by atoms with Gasteiger partial charge in [0.2, 0.25) is 0 Å². The first-order valence-corrected chi connectivity index (χ1v) is 5.91. The maximum atomic E-state index is 11.0. The fourth-order valence-corrected chi connectivity index (χ4v) is 4.53. The van der Waals surface area contributed by atoms with Gasteiger partial charge in [-0.3, -0.25) is 4.79 Å². The lowest BCUT2D eigenvalue weighted by Crippen LogP contribution is -2.30. The second kappa shape index (κ2) is 2.88. The standard InChI is InChI=1S/C11H15ClO2/c1-5(13)14-11-6-2-7-8(3-6)10(12)4-9(7)11/h6-11H,2-4H2,1H3/t6-,7+,8-,9-,10?,11-/m0/s1. The van der Waals surface area contributed by atoms with Crippen molar-refractivity contribution in [2.45, 2.75) is 37.7 Å². The highest BCUT2D eigenvalue weighted by Crippen LogP contribution is 2.61. The molecular weight excluding hydrogens is 200 g/mol. The van der Waals surface area contributed by atoms with E-state index in [1.54, 1.807) is 0 Å². The summed E-state index contributed by atoms with van der Waals surface area (Å²) in [4.78, 5) is 11.0. The van der Waals surface area contributed by atoms with Crippen LogP contribution < -0.4 is 0 Å². The summed E-state index contributed by atoms with van der Waals surface area (Å²) >= 11 is 6.30. The van der Waals surface area contributed by atoms with Crippen LogP contribution in [-0.2, 0) is 9.53 Å². The summed E-state index contributed by atoms with van der Waals surface area (Å²) in [5.41, 5.74) is 0. The topological polar surface area (TPSA) is 26.3 Å². The minimum atomic E-state index is -0.128. The molecule has 2 bridgehead atoms. The molecule has 0 spiro atoms. The molecule has 0 aromatic heterocycles. The summed E-state index contributed by atoms with van der Waals surface area (Å²) in [6.07, 6.45) is 3.69. The van der Waals surface area contributed by atoms with Gasteiger partial charge in [0.15, 0.2) is 0 Å². The molecule has 6 atom stereocenters. The first-order chi connectivity index (χ1) is 6.66. The molecule has 0 heterocycles. The first kappa shape index (κ1) is 9.02. The van der Waals surface area contributed by atoms with Crippen molar-refractivity contribution in [3.8, 4) is 0 Å². The summed E-state index contributed by atoms with van der Waals surface area (Å²) in [5, 5.41) is 0.343. The van der Waals surface area contributed by atoms with Gasteiger partial charge in [0.05, 0.1) is 0 Å². The maximum Gasteiger partial charge on any atom is 0.302 e. The Morgan fingerprint density at radius 3 is 2.64 bits per heavy atom. The summed E-state index contributed by atoms with van der Waals surface area (Å²) in [5.74, 6) is 2.54. The minimum absolute atomic E-state index is 0.128. The predicted octanol–water partition coefficient (Wildman–Crippen LogP) is 2.20. The molecule has 0 aromatic rings. The Morgan fingerprint density at radius 2 is 1.93 bits per heavy atom. The molecule has 0 aromatic carbocycles. The first-order valence-electron chi connectivity index (χ1n) is 5.48. The van der Waals surface area contributed by atoms with Gasteiger partial charge in [-0.15, -0.1) is 11.6 Å². The highest BCUT2D eigenvalue weighted by Gasteiger charge is 2.60. The van der Waals surface area contributed by atoms with Gasteiger partial charge < -0.3 is 4.74 Å². The van der Waals surface area contributed by atoms with E-state index in [0.29, 0.717) is 17.2 Å². The SMILES string of the molecule is CC(=O)O[C@H]1[C@H]2C[C@H]3[C@@H]1CC(Cl)[C@H]3C2. The van der Waals surface area contributed by atoms with Crippen LogP contribution in [0.25, 0.3) is 0 Å². The molecule has 0 saturated heterocycles. The van der Waals surface area contributed by atoms with E-state index in [9.17, 15) is 4.79 Å². The molecule has 2 nitrogen and oxygen atoms in total. The molecular formula is C11H15ClO2. The van der Waals surface area contributed by atoms with E-state index in [2.05, 4.69) is 0 Å². The van der Waals surface area contributed by atoms with Crippen molar-refractivity contribution in [1.82, 2.24) is 0 Å². The smallest absolute Gasteiger partial charge is 0.302 e.